The van der Waals surface area contributed by atoms with Gasteiger partial charge in [0.2, 0.25) is 0 Å². The van der Waals surface area contributed by atoms with Gasteiger partial charge in [-0.3, -0.25) is 4.79 Å². The summed E-state index contributed by atoms with van der Waals surface area (Å²) in [6.45, 7) is 1.05. The standard InChI is InChI=1S/C15H21NO4/c1-19-9-14(20-2)11-5-3-10(4-6-11)13-7-12(8-16-13)15(17)18/h3-6,12-14,16H,7-9H2,1-2H3,(H,17,18). The quantitative estimate of drug-likeness (QED) is 0.830. The van der Waals surface area contributed by atoms with Gasteiger partial charge >= 0.3 is 5.97 Å². The van der Waals surface area contributed by atoms with Crippen molar-refractivity contribution < 1.29 is 19.4 Å². The molecule has 3 atom stereocenters. The largest absolute Gasteiger partial charge is 0.481 e. The van der Waals surface area contributed by atoms with Crippen LogP contribution in [0.25, 0.3) is 0 Å². The van der Waals surface area contributed by atoms with Gasteiger partial charge in [0.05, 0.1) is 12.5 Å². The number of benzene rings is 1. The Morgan fingerprint density at radius 3 is 2.60 bits per heavy atom. The molecule has 1 heterocycles. The first kappa shape index (κ1) is 15.0. The van der Waals surface area contributed by atoms with E-state index in [-0.39, 0.29) is 18.1 Å². The van der Waals surface area contributed by atoms with Gasteiger partial charge in [0, 0.05) is 26.8 Å². The number of hydrogen-bond donors (Lipinski definition) is 2. The Labute approximate surface area is 118 Å². The Morgan fingerprint density at radius 2 is 2.10 bits per heavy atom. The van der Waals surface area contributed by atoms with Crippen LogP contribution in [0.1, 0.15) is 29.7 Å². The highest BCUT2D eigenvalue weighted by Crippen LogP contribution is 2.28. The van der Waals surface area contributed by atoms with E-state index in [9.17, 15) is 4.79 Å². The van der Waals surface area contributed by atoms with Gasteiger partial charge in [-0.1, -0.05) is 24.3 Å². The molecule has 1 aromatic rings. The van der Waals surface area contributed by atoms with Crippen molar-refractivity contribution in [2.75, 3.05) is 27.4 Å². The highest BCUT2D eigenvalue weighted by molar-refractivity contribution is 5.70. The van der Waals surface area contributed by atoms with Gasteiger partial charge in [-0.25, -0.2) is 0 Å². The summed E-state index contributed by atoms with van der Waals surface area (Å²) in [5.41, 5.74) is 2.18. The van der Waals surface area contributed by atoms with Crippen molar-refractivity contribution in [1.29, 1.82) is 0 Å². The summed E-state index contributed by atoms with van der Waals surface area (Å²) < 4.78 is 10.5. The number of nitrogens with one attached hydrogen (secondary N) is 1. The van der Waals surface area contributed by atoms with E-state index >= 15 is 0 Å². The number of aliphatic carboxylic acids is 1. The summed E-state index contributed by atoms with van der Waals surface area (Å²) in [4.78, 5) is 11.0. The maximum Gasteiger partial charge on any atom is 0.307 e. The second-order valence-electron chi connectivity index (χ2n) is 5.08. The molecule has 0 bridgehead atoms. The lowest BCUT2D eigenvalue weighted by Crippen LogP contribution is -2.17. The fourth-order valence-electron chi connectivity index (χ4n) is 2.57. The van der Waals surface area contributed by atoms with Crippen molar-refractivity contribution in [3.8, 4) is 0 Å². The summed E-state index contributed by atoms with van der Waals surface area (Å²) in [5.74, 6) is -1.02. The Hall–Kier alpha value is -1.43. The minimum absolute atomic E-state index is 0.0719. The predicted octanol–water partition coefficient (Wildman–Crippen LogP) is 1.76. The highest BCUT2D eigenvalue weighted by atomic mass is 16.5. The molecule has 5 heteroatoms. The number of carbonyl (C=O) groups is 1. The zero-order chi connectivity index (χ0) is 14.5. The molecule has 1 aliphatic heterocycles. The summed E-state index contributed by atoms with van der Waals surface area (Å²) >= 11 is 0. The zero-order valence-electron chi connectivity index (χ0n) is 11.8. The molecule has 110 valence electrons. The van der Waals surface area contributed by atoms with E-state index in [1.165, 1.54) is 0 Å². The fourth-order valence-corrected chi connectivity index (χ4v) is 2.57. The van der Waals surface area contributed by atoms with Crippen LogP contribution in [-0.2, 0) is 14.3 Å². The monoisotopic (exact) mass is 279 g/mol. The van der Waals surface area contributed by atoms with Crippen molar-refractivity contribution in [1.82, 2.24) is 5.32 Å². The number of methoxy groups -OCH3 is 2. The topological polar surface area (TPSA) is 67.8 Å². The summed E-state index contributed by atoms with van der Waals surface area (Å²) in [5, 5.41) is 12.3. The third kappa shape index (κ3) is 3.36. The lowest BCUT2D eigenvalue weighted by atomic mass is 9.98. The third-order valence-electron chi connectivity index (χ3n) is 3.79. The van der Waals surface area contributed by atoms with E-state index < -0.39 is 5.97 Å². The van der Waals surface area contributed by atoms with Gasteiger partial charge in [-0.2, -0.15) is 0 Å². The number of ether oxygens (including phenoxy) is 2. The van der Waals surface area contributed by atoms with Gasteiger partial charge in [0.15, 0.2) is 0 Å². The second kappa shape index (κ2) is 6.83. The zero-order valence-corrected chi connectivity index (χ0v) is 11.8. The molecule has 0 amide bonds. The van der Waals surface area contributed by atoms with Gasteiger partial charge in [-0.15, -0.1) is 0 Å². The molecule has 1 fully saturated rings. The van der Waals surface area contributed by atoms with Crippen LogP contribution >= 0.6 is 0 Å². The molecule has 0 saturated carbocycles. The van der Waals surface area contributed by atoms with Crippen LogP contribution in [-0.4, -0.2) is 38.4 Å². The van der Waals surface area contributed by atoms with Gasteiger partial charge < -0.3 is 19.9 Å². The van der Waals surface area contributed by atoms with Crippen molar-refractivity contribution in [3.63, 3.8) is 0 Å². The van der Waals surface area contributed by atoms with E-state index in [0.717, 1.165) is 11.1 Å². The lowest BCUT2D eigenvalue weighted by Gasteiger charge is -2.16. The molecule has 5 nitrogen and oxygen atoms in total. The summed E-state index contributed by atoms with van der Waals surface area (Å²) in [7, 11) is 3.31. The SMILES string of the molecule is COCC(OC)c1ccc(C2CC(C(=O)O)CN2)cc1. The van der Waals surface area contributed by atoms with Crippen LogP contribution in [0.2, 0.25) is 0 Å². The Bertz CT molecular complexity index is 446. The van der Waals surface area contributed by atoms with E-state index in [1.807, 2.05) is 24.3 Å². The number of rotatable bonds is 6. The first-order valence-electron chi connectivity index (χ1n) is 6.73. The number of carboxylic acid groups (broad SMARTS) is 1. The first-order chi connectivity index (χ1) is 9.65. The van der Waals surface area contributed by atoms with E-state index in [1.54, 1.807) is 14.2 Å². The first-order valence-corrected chi connectivity index (χ1v) is 6.73. The molecule has 0 spiro atoms. The molecular weight excluding hydrogens is 258 g/mol. The Balaban J connectivity index is 2.03. The van der Waals surface area contributed by atoms with Crippen molar-refractivity contribution >= 4 is 5.97 Å². The van der Waals surface area contributed by atoms with E-state index in [0.29, 0.717) is 19.6 Å². The second-order valence-corrected chi connectivity index (χ2v) is 5.08. The average Bonchev–Trinajstić information content (AvgIpc) is 2.95. The molecule has 1 saturated heterocycles. The summed E-state index contributed by atoms with van der Waals surface area (Å²) in [6, 6.07) is 8.20. The van der Waals surface area contributed by atoms with Crippen LogP contribution in [0, 0.1) is 5.92 Å². The molecule has 0 aromatic heterocycles. The molecule has 1 aromatic carbocycles. The molecule has 3 unspecified atom stereocenters. The predicted molar refractivity (Wildman–Crippen MR) is 74.6 cm³/mol. The van der Waals surface area contributed by atoms with Crippen LogP contribution in [0.3, 0.4) is 0 Å². The lowest BCUT2D eigenvalue weighted by molar-refractivity contribution is -0.141. The molecule has 20 heavy (non-hydrogen) atoms. The molecule has 2 N–H and O–H groups in total. The minimum Gasteiger partial charge on any atom is -0.481 e. The maximum absolute atomic E-state index is 11.0. The van der Waals surface area contributed by atoms with Gasteiger partial charge in [0.25, 0.3) is 0 Å². The molecule has 0 radical (unpaired) electrons. The average molecular weight is 279 g/mol. The molecule has 2 rings (SSSR count). The number of carboxylic acids is 1. The van der Waals surface area contributed by atoms with Crippen molar-refractivity contribution in [2.24, 2.45) is 5.92 Å². The van der Waals surface area contributed by atoms with Gasteiger partial charge in [0.1, 0.15) is 6.10 Å². The van der Waals surface area contributed by atoms with Crippen molar-refractivity contribution in [2.45, 2.75) is 18.6 Å². The number of hydrogen-bond acceptors (Lipinski definition) is 4. The Kier molecular flexibility index (Phi) is 5.11. The van der Waals surface area contributed by atoms with E-state index in [2.05, 4.69) is 5.32 Å². The van der Waals surface area contributed by atoms with Crippen molar-refractivity contribution in [3.05, 3.63) is 35.4 Å². The summed E-state index contributed by atoms with van der Waals surface area (Å²) in [6.07, 6.45) is 0.567. The minimum atomic E-state index is -0.726. The van der Waals surface area contributed by atoms with Crippen LogP contribution in [0.15, 0.2) is 24.3 Å². The third-order valence-corrected chi connectivity index (χ3v) is 3.79. The Morgan fingerprint density at radius 1 is 1.40 bits per heavy atom. The van der Waals surface area contributed by atoms with Gasteiger partial charge in [-0.05, 0) is 17.5 Å². The van der Waals surface area contributed by atoms with Crippen LogP contribution in [0.5, 0.6) is 0 Å². The molecule has 0 aliphatic carbocycles. The van der Waals surface area contributed by atoms with E-state index in [4.69, 9.17) is 14.6 Å². The fraction of sp³-hybridized carbons (Fsp3) is 0.533. The normalized spacial score (nSPS) is 23.7. The smallest absolute Gasteiger partial charge is 0.307 e. The highest BCUT2D eigenvalue weighted by Gasteiger charge is 2.30. The molecule has 1 aliphatic rings. The maximum atomic E-state index is 11.0. The van der Waals surface area contributed by atoms with Crippen LogP contribution in [0.4, 0.5) is 0 Å². The molecular formula is C15H21NO4. The van der Waals surface area contributed by atoms with Crippen LogP contribution < -0.4 is 5.32 Å².